The minimum Gasteiger partial charge on any atom is -0.497 e. The van der Waals surface area contributed by atoms with Crippen molar-refractivity contribution in [2.45, 2.75) is 25.7 Å². The van der Waals surface area contributed by atoms with Gasteiger partial charge < -0.3 is 15.0 Å². The van der Waals surface area contributed by atoms with Gasteiger partial charge in [0.05, 0.1) is 7.11 Å². The number of nitrogens with zero attached hydrogens (tertiary/aromatic N) is 1. The Bertz CT molecular complexity index is 830. The molecule has 0 aromatic heterocycles. The van der Waals surface area contributed by atoms with Gasteiger partial charge in [0.25, 0.3) is 0 Å². The number of hydrogen-bond acceptors (Lipinski definition) is 3. The SMILES string of the molecule is CCN1/C(=C\C=N)C(C)(Cc2cccc(Cl)c2)c2cc(OC)ccc21. The van der Waals surface area contributed by atoms with Gasteiger partial charge in [0.15, 0.2) is 0 Å². The summed E-state index contributed by atoms with van der Waals surface area (Å²) in [7, 11) is 1.69. The van der Waals surface area contributed by atoms with Gasteiger partial charge in [-0.3, -0.25) is 0 Å². The van der Waals surface area contributed by atoms with Crippen molar-refractivity contribution >= 4 is 23.5 Å². The lowest BCUT2D eigenvalue weighted by Gasteiger charge is -2.30. The third-order valence-corrected chi connectivity index (χ3v) is 5.18. The number of rotatable bonds is 5. The molecule has 0 bridgehead atoms. The summed E-state index contributed by atoms with van der Waals surface area (Å²) in [6.45, 7) is 5.22. The van der Waals surface area contributed by atoms with Crippen molar-refractivity contribution < 1.29 is 4.74 Å². The van der Waals surface area contributed by atoms with Gasteiger partial charge >= 0.3 is 0 Å². The van der Waals surface area contributed by atoms with Gasteiger partial charge in [0.1, 0.15) is 5.75 Å². The van der Waals surface area contributed by atoms with Crippen molar-refractivity contribution in [2.75, 3.05) is 18.6 Å². The normalized spacial score (nSPS) is 20.6. The second-order valence-electron chi connectivity index (χ2n) is 6.48. The Kier molecular flexibility index (Phi) is 4.87. The Morgan fingerprint density at radius 1 is 1.24 bits per heavy atom. The largest absolute Gasteiger partial charge is 0.497 e. The summed E-state index contributed by atoms with van der Waals surface area (Å²) in [4.78, 5) is 2.28. The molecule has 1 aliphatic rings. The van der Waals surface area contributed by atoms with Crippen molar-refractivity contribution in [3.63, 3.8) is 0 Å². The fourth-order valence-corrected chi connectivity index (χ4v) is 4.03. The number of nitrogens with one attached hydrogen (secondary N) is 1. The number of methoxy groups -OCH3 is 1. The second-order valence-corrected chi connectivity index (χ2v) is 6.92. The van der Waals surface area contributed by atoms with Crippen LogP contribution in [0.5, 0.6) is 5.75 Å². The smallest absolute Gasteiger partial charge is 0.119 e. The molecule has 0 amide bonds. The highest BCUT2D eigenvalue weighted by molar-refractivity contribution is 6.30. The average molecular weight is 355 g/mol. The summed E-state index contributed by atoms with van der Waals surface area (Å²) in [5.41, 5.74) is 4.47. The van der Waals surface area contributed by atoms with E-state index >= 15 is 0 Å². The van der Waals surface area contributed by atoms with E-state index in [1.165, 1.54) is 23.0 Å². The lowest BCUT2D eigenvalue weighted by molar-refractivity contribution is 0.413. The summed E-state index contributed by atoms with van der Waals surface area (Å²) < 4.78 is 5.46. The number of anilines is 1. The van der Waals surface area contributed by atoms with E-state index in [2.05, 4.69) is 36.9 Å². The van der Waals surface area contributed by atoms with E-state index in [0.717, 1.165) is 29.4 Å². The predicted molar refractivity (Wildman–Crippen MR) is 105 cm³/mol. The summed E-state index contributed by atoms with van der Waals surface area (Å²) in [6, 6.07) is 14.2. The maximum Gasteiger partial charge on any atom is 0.119 e. The molecule has 0 saturated carbocycles. The van der Waals surface area contributed by atoms with Crippen LogP contribution in [0.4, 0.5) is 5.69 Å². The van der Waals surface area contributed by atoms with Crippen LogP contribution < -0.4 is 9.64 Å². The number of fused-ring (bicyclic) bond motifs is 1. The van der Waals surface area contributed by atoms with Crippen LogP contribution in [-0.2, 0) is 11.8 Å². The van der Waals surface area contributed by atoms with Crippen molar-refractivity contribution in [2.24, 2.45) is 0 Å². The minimum atomic E-state index is -0.248. The molecular formula is C21H23ClN2O. The zero-order valence-corrected chi connectivity index (χ0v) is 15.6. The Morgan fingerprint density at radius 2 is 2.04 bits per heavy atom. The van der Waals surface area contributed by atoms with E-state index in [1.54, 1.807) is 7.11 Å². The Hall–Kier alpha value is -2.26. The van der Waals surface area contributed by atoms with E-state index in [9.17, 15) is 0 Å². The molecule has 4 heteroatoms. The van der Waals surface area contributed by atoms with E-state index in [0.29, 0.717) is 0 Å². The zero-order chi connectivity index (χ0) is 18.0. The van der Waals surface area contributed by atoms with Crippen molar-refractivity contribution in [1.29, 1.82) is 5.41 Å². The number of hydrogen-bond donors (Lipinski definition) is 1. The molecule has 0 saturated heterocycles. The van der Waals surface area contributed by atoms with Crippen LogP contribution in [-0.4, -0.2) is 19.9 Å². The molecule has 0 spiro atoms. The van der Waals surface area contributed by atoms with Crippen LogP contribution in [0.1, 0.15) is 25.0 Å². The average Bonchev–Trinajstić information content (AvgIpc) is 2.83. The molecule has 3 rings (SSSR count). The first-order chi connectivity index (χ1) is 12.0. The van der Waals surface area contributed by atoms with Crippen LogP contribution >= 0.6 is 11.6 Å². The first-order valence-corrected chi connectivity index (χ1v) is 8.83. The standard InChI is InChI=1S/C21H23ClN2O/c1-4-24-19-9-8-17(25-3)13-18(19)21(2,20(24)10-11-23)14-15-6-5-7-16(22)12-15/h5-13,23H,4,14H2,1-3H3/b20-10-,23-11?. The number of allylic oxidation sites excluding steroid dienone is 2. The Labute approximate surface area is 154 Å². The highest BCUT2D eigenvalue weighted by atomic mass is 35.5. The molecule has 0 aliphatic carbocycles. The van der Waals surface area contributed by atoms with Gasteiger partial charge in [0.2, 0.25) is 0 Å². The first kappa shape index (κ1) is 17.6. The molecule has 0 radical (unpaired) electrons. The Balaban J connectivity index is 2.17. The van der Waals surface area contributed by atoms with Crippen LogP contribution in [0.15, 0.2) is 54.2 Å². The lowest BCUT2D eigenvalue weighted by Crippen LogP contribution is -2.30. The maximum absolute atomic E-state index is 7.63. The topological polar surface area (TPSA) is 36.3 Å². The van der Waals surface area contributed by atoms with Crippen LogP contribution in [0.25, 0.3) is 0 Å². The van der Waals surface area contributed by atoms with E-state index in [-0.39, 0.29) is 5.41 Å². The second kappa shape index (κ2) is 6.93. The molecule has 25 heavy (non-hydrogen) atoms. The van der Waals surface area contributed by atoms with Crippen molar-refractivity contribution in [3.05, 3.63) is 70.4 Å². The van der Waals surface area contributed by atoms with Gasteiger partial charge in [-0.05, 0) is 67.8 Å². The molecule has 1 atom stereocenters. The molecule has 3 nitrogen and oxygen atoms in total. The van der Waals surface area contributed by atoms with Gasteiger partial charge in [-0.25, -0.2) is 0 Å². The zero-order valence-electron chi connectivity index (χ0n) is 14.8. The molecule has 2 aromatic rings. The number of likely N-dealkylation sites (N-methyl/N-ethyl adjacent to an activating group) is 1. The summed E-state index contributed by atoms with van der Waals surface area (Å²) in [5, 5.41) is 8.38. The number of benzene rings is 2. The van der Waals surface area contributed by atoms with E-state index in [1.807, 2.05) is 30.3 Å². The first-order valence-electron chi connectivity index (χ1n) is 8.45. The molecule has 1 N–H and O–H groups in total. The lowest BCUT2D eigenvalue weighted by atomic mass is 9.76. The van der Waals surface area contributed by atoms with E-state index in [4.69, 9.17) is 21.7 Å². The van der Waals surface area contributed by atoms with Crippen molar-refractivity contribution in [1.82, 2.24) is 0 Å². The molecular weight excluding hydrogens is 332 g/mol. The number of halogens is 1. The van der Waals surface area contributed by atoms with E-state index < -0.39 is 0 Å². The predicted octanol–water partition coefficient (Wildman–Crippen LogP) is 5.22. The fraction of sp³-hybridized carbons (Fsp3) is 0.286. The summed E-state index contributed by atoms with van der Waals surface area (Å²) >= 11 is 6.20. The summed E-state index contributed by atoms with van der Waals surface area (Å²) in [6.07, 6.45) is 4.09. The fourth-order valence-electron chi connectivity index (χ4n) is 3.82. The molecule has 1 unspecified atom stereocenters. The Morgan fingerprint density at radius 3 is 2.68 bits per heavy atom. The quantitative estimate of drug-likeness (QED) is 0.747. The highest BCUT2D eigenvalue weighted by Gasteiger charge is 2.43. The van der Waals surface area contributed by atoms with Crippen LogP contribution in [0.2, 0.25) is 5.02 Å². The van der Waals surface area contributed by atoms with Crippen LogP contribution in [0, 0.1) is 5.41 Å². The molecule has 2 aromatic carbocycles. The third kappa shape index (κ3) is 3.05. The van der Waals surface area contributed by atoms with Gasteiger partial charge in [-0.15, -0.1) is 0 Å². The molecule has 1 heterocycles. The highest BCUT2D eigenvalue weighted by Crippen LogP contribution is 2.50. The van der Waals surface area contributed by atoms with Gasteiger partial charge in [-0.1, -0.05) is 23.7 Å². The van der Waals surface area contributed by atoms with Crippen LogP contribution in [0.3, 0.4) is 0 Å². The molecule has 130 valence electrons. The molecule has 1 aliphatic heterocycles. The maximum atomic E-state index is 7.63. The monoisotopic (exact) mass is 354 g/mol. The van der Waals surface area contributed by atoms with Gasteiger partial charge in [0, 0.05) is 34.6 Å². The number of ether oxygens (including phenoxy) is 1. The molecule has 0 fully saturated rings. The minimum absolute atomic E-state index is 0.248. The van der Waals surface area contributed by atoms with Gasteiger partial charge in [-0.2, -0.15) is 0 Å². The summed E-state index contributed by atoms with van der Waals surface area (Å²) in [5.74, 6) is 0.850. The third-order valence-electron chi connectivity index (χ3n) is 4.95. The van der Waals surface area contributed by atoms with Crippen molar-refractivity contribution in [3.8, 4) is 5.75 Å².